The van der Waals surface area contributed by atoms with Gasteiger partial charge in [0.05, 0.1) is 6.10 Å². The molecule has 0 aromatic carbocycles. The van der Waals surface area contributed by atoms with Crippen LogP contribution in [-0.4, -0.2) is 53.6 Å². The molecular formula is C17H28N4O4. The molecule has 6 N–H and O–H groups in total. The average molecular weight is 352 g/mol. The second kappa shape index (κ2) is 9.95. The van der Waals surface area contributed by atoms with Crippen molar-refractivity contribution in [3.63, 3.8) is 0 Å². The van der Waals surface area contributed by atoms with Crippen molar-refractivity contribution >= 4 is 17.7 Å². The van der Waals surface area contributed by atoms with Gasteiger partial charge >= 0.3 is 0 Å². The van der Waals surface area contributed by atoms with E-state index >= 15 is 0 Å². The number of amides is 3. The Labute approximate surface area is 147 Å². The fourth-order valence-electron chi connectivity index (χ4n) is 2.12. The lowest BCUT2D eigenvalue weighted by Gasteiger charge is -2.24. The van der Waals surface area contributed by atoms with Crippen LogP contribution in [0.4, 0.5) is 0 Å². The lowest BCUT2D eigenvalue weighted by Crippen LogP contribution is -2.55. The summed E-state index contributed by atoms with van der Waals surface area (Å²) in [6.45, 7) is 5.64. The minimum Gasteiger partial charge on any atom is -0.391 e. The molecule has 0 aromatic heterocycles. The van der Waals surface area contributed by atoms with Crippen molar-refractivity contribution in [3.8, 4) is 0 Å². The minimum absolute atomic E-state index is 0.0518. The number of aliphatic hydroxyl groups is 1. The van der Waals surface area contributed by atoms with Crippen molar-refractivity contribution in [3.05, 3.63) is 24.3 Å². The topological polar surface area (TPSA) is 134 Å². The molecule has 0 aromatic rings. The van der Waals surface area contributed by atoms with E-state index in [1.54, 1.807) is 18.2 Å². The summed E-state index contributed by atoms with van der Waals surface area (Å²) >= 11 is 0. The van der Waals surface area contributed by atoms with E-state index in [-0.39, 0.29) is 17.9 Å². The van der Waals surface area contributed by atoms with Crippen LogP contribution in [0.1, 0.15) is 27.2 Å². The second-order valence-electron chi connectivity index (χ2n) is 6.40. The third-order valence-corrected chi connectivity index (χ3v) is 3.82. The zero-order valence-electron chi connectivity index (χ0n) is 14.9. The average Bonchev–Trinajstić information content (AvgIpc) is 2.54. The number of nitrogens with two attached hydrogens (primary N) is 1. The number of rotatable bonds is 4. The molecule has 0 fully saturated rings. The van der Waals surface area contributed by atoms with E-state index < -0.39 is 30.0 Å². The minimum atomic E-state index is -1.12. The molecule has 140 valence electrons. The van der Waals surface area contributed by atoms with Gasteiger partial charge in [0, 0.05) is 18.7 Å². The number of carbonyl (C=O) groups excluding carboxylic acids is 3. The molecule has 0 aliphatic carbocycles. The van der Waals surface area contributed by atoms with Crippen molar-refractivity contribution < 1.29 is 19.5 Å². The Morgan fingerprint density at radius 3 is 2.60 bits per heavy atom. The zero-order chi connectivity index (χ0) is 19.0. The molecule has 4 atom stereocenters. The molecule has 0 radical (unpaired) electrons. The molecule has 3 amide bonds. The first-order valence-electron chi connectivity index (χ1n) is 8.39. The van der Waals surface area contributed by atoms with Crippen LogP contribution in [0.2, 0.25) is 0 Å². The molecule has 25 heavy (non-hydrogen) atoms. The zero-order valence-corrected chi connectivity index (χ0v) is 14.9. The van der Waals surface area contributed by atoms with Crippen LogP contribution in [0.5, 0.6) is 0 Å². The Hall–Kier alpha value is -2.19. The molecule has 1 aliphatic heterocycles. The molecule has 1 heterocycles. The Morgan fingerprint density at radius 2 is 2.00 bits per heavy atom. The van der Waals surface area contributed by atoms with Gasteiger partial charge in [-0.15, -0.1) is 0 Å². The summed E-state index contributed by atoms with van der Waals surface area (Å²) in [5, 5.41) is 17.5. The van der Waals surface area contributed by atoms with E-state index in [1.807, 2.05) is 13.8 Å². The number of hydrogen-bond donors (Lipinski definition) is 5. The highest BCUT2D eigenvalue weighted by molar-refractivity contribution is 5.92. The first-order valence-corrected chi connectivity index (χ1v) is 8.39. The van der Waals surface area contributed by atoms with E-state index in [0.717, 1.165) is 0 Å². The first kappa shape index (κ1) is 20.9. The Balaban J connectivity index is 2.95. The fraction of sp³-hybridized carbons (Fsp3) is 0.588. The molecule has 0 bridgehead atoms. The highest BCUT2D eigenvalue weighted by Crippen LogP contribution is 2.05. The first-order chi connectivity index (χ1) is 11.7. The van der Waals surface area contributed by atoms with Crippen molar-refractivity contribution in [2.75, 3.05) is 6.54 Å². The molecule has 0 unspecified atom stereocenters. The lowest BCUT2D eigenvalue weighted by atomic mass is 10.0. The molecule has 8 nitrogen and oxygen atoms in total. The van der Waals surface area contributed by atoms with Gasteiger partial charge in [-0.2, -0.15) is 0 Å². The predicted molar refractivity (Wildman–Crippen MR) is 94.3 cm³/mol. The highest BCUT2D eigenvalue weighted by atomic mass is 16.3. The fourth-order valence-corrected chi connectivity index (χ4v) is 2.12. The van der Waals surface area contributed by atoms with Gasteiger partial charge in [0.15, 0.2) is 0 Å². The number of carbonyl (C=O) groups is 3. The van der Waals surface area contributed by atoms with E-state index in [4.69, 9.17) is 5.73 Å². The molecule has 0 saturated carbocycles. The smallest absolute Gasteiger partial charge is 0.247 e. The van der Waals surface area contributed by atoms with E-state index in [0.29, 0.717) is 13.0 Å². The standard InChI is InChI=1S/C17H28N4O4/c1-10(2)12-7-8-14(23)19-9-5-4-6-13(16(24)20-12)21-17(25)15(18)11(3)22/h4,6-8,10-13,15,22H,5,9,18H2,1-3H3,(H,19,23)(H,20,24)(H,21,25)/b6-4+,8-7+/t11-,12-,13+,15+/m1/s1. The molecular weight excluding hydrogens is 324 g/mol. The highest BCUT2D eigenvalue weighted by Gasteiger charge is 2.26. The quantitative estimate of drug-likeness (QED) is 0.412. The van der Waals surface area contributed by atoms with E-state index in [1.165, 1.54) is 13.0 Å². The maximum Gasteiger partial charge on any atom is 0.247 e. The van der Waals surface area contributed by atoms with Gasteiger partial charge in [0.1, 0.15) is 12.1 Å². The lowest BCUT2D eigenvalue weighted by molar-refractivity contribution is -0.130. The SMILES string of the molecule is CC(C)[C@H]1/C=C/C(=O)NCC/C=C/[C@H](NC(=O)[C@@H](N)[C@@H](C)O)C(=O)N1. The predicted octanol–water partition coefficient (Wildman–Crippen LogP) is -1.05. The Kier molecular flexibility index (Phi) is 8.30. The second-order valence-corrected chi connectivity index (χ2v) is 6.40. The van der Waals surface area contributed by atoms with Gasteiger partial charge in [-0.1, -0.05) is 32.1 Å². The van der Waals surface area contributed by atoms with Crippen LogP contribution >= 0.6 is 0 Å². The van der Waals surface area contributed by atoms with Crippen molar-refractivity contribution in [1.82, 2.24) is 16.0 Å². The summed E-state index contributed by atoms with van der Waals surface area (Å²) in [4.78, 5) is 36.3. The van der Waals surface area contributed by atoms with E-state index in [2.05, 4.69) is 16.0 Å². The molecule has 1 rings (SSSR count). The van der Waals surface area contributed by atoms with Crippen molar-refractivity contribution in [2.45, 2.75) is 51.4 Å². The van der Waals surface area contributed by atoms with Gasteiger partial charge < -0.3 is 26.8 Å². The maximum absolute atomic E-state index is 12.5. The third kappa shape index (κ3) is 7.06. The Morgan fingerprint density at radius 1 is 1.32 bits per heavy atom. The van der Waals surface area contributed by atoms with Crippen molar-refractivity contribution in [1.29, 1.82) is 0 Å². The molecule has 0 saturated heterocycles. The third-order valence-electron chi connectivity index (χ3n) is 3.82. The summed E-state index contributed by atoms with van der Waals surface area (Å²) in [6, 6.07) is -2.40. The largest absolute Gasteiger partial charge is 0.391 e. The molecule has 1 aliphatic rings. The van der Waals surface area contributed by atoms with Crippen LogP contribution in [0.3, 0.4) is 0 Å². The monoisotopic (exact) mass is 352 g/mol. The molecule has 8 heteroatoms. The van der Waals surface area contributed by atoms with Gasteiger partial charge in [0.25, 0.3) is 0 Å². The summed E-state index contributed by atoms with van der Waals surface area (Å²) in [5.74, 6) is -1.19. The van der Waals surface area contributed by atoms with Crippen LogP contribution in [0.25, 0.3) is 0 Å². The van der Waals surface area contributed by atoms with Gasteiger partial charge in [-0.25, -0.2) is 0 Å². The normalized spacial score (nSPS) is 27.1. The summed E-state index contributed by atoms with van der Waals surface area (Å²) < 4.78 is 0. The Bertz CT molecular complexity index is 543. The summed E-state index contributed by atoms with van der Waals surface area (Å²) in [6.07, 6.45) is 5.76. The van der Waals surface area contributed by atoms with Gasteiger partial charge in [-0.05, 0) is 19.3 Å². The number of hydrogen-bond acceptors (Lipinski definition) is 5. The van der Waals surface area contributed by atoms with Gasteiger partial charge in [0.2, 0.25) is 17.7 Å². The van der Waals surface area contributed by atoms with Gasteiger partial charge in [-0.3, -0.25) is 14.4 Å². The van der Waals surface area contributed by atoms with Crippen LogP contribution in [0.15, 0.2) is 24.3 Å². The van der Waals surface area contributed by atoms with Crippen LogP contribution in [-0.2, 0) is 14.4 Å². The van der Waals surface area contributed by atoms with Crippen LogP contribution in [0, 0.1) is 5.92 Å². The maximum atomic E-state index is 12.5. The van der Waals surface area contributed by atoms with Crippen LogP contribution < -0.4 is 21.7 Å². The number of aliphatic hydroxyl groups excluding tert-OH is 1. The number of nitrogens with one attached hydrogen (secondary N) is 3. The molecule has 0 spiro atoms. The van der Waals surface area contributed by atoms with E-state index in [9.17, 15) is 19.5 Å². The summed E-state index contributed by atoms with van der Waals surface area (Å²) in [7, 11) is 0. The van der Waals surface area contributed by atoms with Crippen molar-refractivity contribution in [2.24, 2.45) is 11.7 Å². The summed E-state index contributed by atoms with van der Waals surface area (Å²) in [5.41, 5.74) is 5.61.